The van der Waals surface area contributed by atoms with Crippen molar-refractivity contribution in [1.82, 2.24) is 31.2 Å². The lowest BCUT2D eigenvalue weighted by molar-refractivity contribution is -0.160. The largest absolute Gasteiger partial charge is 0.507 e. The number of phenols is 2. The summed E-state index contributed by atoms with van der Waals surface area (Å²) < 4.78 is 36.3. The lowest BCUT2D eigenvalue weighted by atomic mass is 9.78. The highest BCUT2D eigenvalue weighted by atomic mass is 16.7. The molecule has 0 aromatic heterocycles. The van der Waals surface area contributed by atoms with Crippen LogP contribution in [0.4, 0.5) is 21.9 Å². The number of rotatable bonds is 23. The summed E-state index contributed by atoms with van der Waals surface area (Å²) in [4.78, 5) is 144. The third-order valence-electron chi connectivity index (χ3n) is 20.9. The Morgan fingerprint density at radius 2 is 1.54 bits per heavy atom. The van der Waals surface area contributed by atoms with Crippen LogP contribution in [0.1, 0.15) is 127 Å². The Labute approximate surface area is 646 Å². The Morgan fingerprint density at radius 3 is 2.21 bits per heavy atom. The molecule has 6 aliphatic rings. The Morgan fingerprint density at radius 1 is 0.830 bits per heavy atom. The summed E-state index contributed by atoms with van der Waals surface area (Å²) in [5.74, 6) is -11.3. The fraction of sp³-hybridized carbons (Fsp3) is 0.432. The van der Waals surface area contributed by atoms with E-state index in [1.807, 2.05) is 23.1 Å². The molecule has 0 unspecified atom stereocenters. The standard InChI is InChI=1S/C81H97N11O20/c1-42-18-16-19-43(2)76(103)90-67-71(101)63-62(64-73(47(6)70(63)100)112-81(8,75(64)102)109-37-32-57(107-9)44(3)72(110-48(7)93)46(5)69(99)45(4)68(42)98)66-74(67)111-58-40-53(39-56(94)65(58)89-66)91-35-30-52(31-36-91)86-80(106)108-41-50-24-26-51(27-25-50)85-77(104)54(22-17-33-84-79(82)83)88-78(105)55(38-49-20-12-10-13-21-49)87-59(95)23-14-11-15-34-92-60(96)28-29-61(92)97/h10,12-13,16,18-21,24-29,32,37,39-40,42,44-46,52,54-55,57,68-69,72,94,98-100H,11,14-15,17,22-23,30-31,33-36,38,41H2,1-9H3,(H,85,104)(H,86,106)(H,87,95)(H,88,105)(H,90,103)(H4,82,83,84)/b18-16+,37-32+,43-19-/t42-,44+,45+,46+,54-,55-,57-,68-,69+,72+,81-/m0/s1. The number of allylic oxidation sites excluding steroid dienone is 2. The van der Waals surface area contributed by atoms with Crippen LogP contribution in [0.15, 0.2) is 124 Å². The number of ether oxygens (including phenoxy) is 5. The molecule has 11 atom stereocenters. The van der Waals surface area contributed by atoms with Crippen molar-refractivity contribution in [1.29, 1.82) is 5.41 Å². The van der Waals surface area contributed by atoms with Crippen molar-refractivity contribution < 1.29 is 91.7 Å². The van der Waals surface area contributed by atoms with Gasteiger partial charge in [0.1, 0.15) is 58.9 Å². The number of unbranched alkanes of at least 4 members (excludes halogenated alkanes) is 2. The molecule has 10 rings (SSSR count). The number of piperidine rings is 1. The Hall–Kier alpha value is -11.7. The van der Waals surface area contributed by atoms with Crippen molar-refractivity contribution in [2.45, 2.75) is 168 Å². The quantitative estimate of drug-likeness (QED) is 0.00563. The van der Waals surface area contributed by atoms with Crippen molar-refractivity contribution in [3.05, 3.63) is 147 Å². The molecule has 7 amide bonds. The van der Waals surface area contributed by atoms with Crippen molar-refractivity contribution in [3.63, 3.8) is 0 Å². The maximum atomic E-state index is 15.2. The number of hydrogen-bond donors (Lipinski definition) is 12. The second-order valence-electron chi connectivity index (χ2n) is 29.0. The van der Waals surface area contributed by atoms with Crippen LogP contribution in [-0.2, 0) is 65.5 Å². The number of aromatic nitrogens is 1. The third-order valence-corrected chi connectivity index (χ3v) is 20.9. The number of aliphatic hydroxyl groups excluding tert-OH is 2. The molecule has 4 aromatic rings. The van der Waals surface area contributed by atoms with E-state index >= 15 is 9.59 Å². The van der Waals surface area contributed by atoms with Gasteiger partial charge in [0.15, 0.2) is 17.3 Å². The van der Waals surface area contributed by atoms with Crippen LogP contribution in [0.2, 0.25) is 0 Å². The normalized spacial score (nSPS) is 23.3. The number of nitrogens with zero attached hydrogens (tertiary/aromatic N) is 3. The number of nitrogens with one attached hydrogen (secondary N) is 7. The summed E-state index contributed by atoms with van der Waals surface area (Å²) in [5, 5.41) is 71.0. The number of Topliss-reactive ketones (excluding diaryl/α,β-unsaturated/α-hetero) is 1. The molecule has 31 nitrogen and oxygen atoms in total. The van der Waals surface area contributed by atoms with Crippen LogP contribution >= 0.6 is 0 Å². The van der Waals surface area contributed by atoms with Crippen LogP contribution in [0.25, 0.3) is 33.3 Å². The average Bonchev–Trinajstić information content (AvgIpc) is 1.34. The number of esters is 1. The van der Waals surface area contributed by atoms with Gasteiger partial charge in [0.05, 0.1) is 35.5 Å². The molecule has 1 fully saturated rings. The number of fused-ring (bicyclic) bond motifs is 2. The van der Waals surface area contributed by atoms with Crippen molar-refractivity contribution in [3.8, 4) is 28.7 Å². The van der Waals surface area contributed by atoms with Crippen LogP contribution in [-0.4, -0.2) is 171 Å². The zero-order chi connectivity index (χ0) is 81.0. The van der Waals surface area contributed by atoms with Crippen LogP contribution in [0.3, 0.4) is 0 Å². The zero-order valence-corrected chi connectivity index (χ0v) is 63.9. The molecule has 5 aliphatic heterocycles. The van der Waals surface area contributed by atoms with E-state index in [1.165, 1.54) is 77.5 Å². The molecule has 31 heteroatoms. The number of hydrogen-bond acceptors (Lipinski definition) is 23. The van der Waals surface area contributed by atoms with Gasteiger partial charge in [-0.3, -0.25) is 53.5 Å². The lowest BCUT2D eigenvalue weighted by Crippen LogP contribution is -2.53. The number of ketones is 1. The van der Waals surface area contributed by atoms with Gasteiger partial charge in [0, 0.05) is 142 Å². The minimum atomic E-state index is -2.17. The predicted octanol–water partition coefficient (Wildman–Crippen LogP) is 7.45. The Kier molecular flexibility index (Phi) is 26.9. The summed E-state index contributed by atoms with van der Waals surface area (Å²) in [7, 11) is 1.41. The summed E-state index contributed by atoms with van der Waals surface area (Å²) >= 11 is 0. The first kappa shape index (κ1) is 82.8. The van der Waals surface area contributed by atoms with E-state index in [0.717, 1.165) is 10.5 Å². The number of nitrogens with two attached hydrogens (primary N) is 1. The fourth-order valence-corrected chi connectivity index (χ4v) is 14.4. The first-order valence-corrected chi connectivity index (χ1v) is 37.3. The molecule has 0 radical (unpaired) electrons. The van der Waals surface area contributed by atoms with E-state index in [2.05, 4.69) is 31.9 Å². The minimum Gasteiger partial charge on any atom is -0.507 e. The molecular weight excluding hydrogens is 1450 g/mol. The topological polar surface area (TPSA) is 452 Å². The van der Waals surface area contributed by atoms with Gasteiger partial charge in [-0.2, -0.15) is 0 Å². The summed E-state index contributed by atoms with van der Waals surface area (Å²) in [6.45, 7) is 13.3. The Bertz CT molecular complexity index is 4710. The number of anilines is 3. The molecule has 5 heterocycles. The summed E-state index contributed by atoms with van der Waals surface area (Å²) in [6.07, 6.45) is 7.67. The van der Waals surface area contributed by atoms with E-state index in [0.29, 0.717) is 68.6 Å². The predicted molar refractivity (Wildman–Crippen MR) is 414 cm³/mol. The monoisotopic (exact) mass is 1540 g/mol. The highest BCUT2D eigenvalue weighted by Crippen LogP contribution is 2.51. The first-order valence-electron chi connectivity index (χ1n) is 37.3. The molecule has 13 N–H and O–H groups in total. The smallest absolute Gasteiger partial charge is 0.407 e. The van der Waals surface area contributed by atoms with Gasteiger partial charge in [-0.15, -0.1) is 0 Å². The molecule has 1 saturated heterocycles. The molecule has 4 bridgehead atoms. The van der Waals surface area contributed by atoms with Crippen LogP contribution in [0, 0.1) is 36.0 Å². The molecule has 112 heavy (non-hydrogen) atoms. The number of methoxy groups -OCH3 is 1. The summed E-state index contributed by atoms with van der Waals surface area (Å²) in [5.41, 5.74) is 5.58. The second-order valence-corrected chi connectivity index (χ2v) is 29.0. The highest BCUT2D eigenvalue weighted by molar-refractivity contribution is 6.22. The number of imide groups is 1. The van der Waals surface area contributed by atoms with E-state index in [9.17, 15) is 58.8 Å². The number of carbonyl (C=O) groups excluding carboxylic acids is 9. The van der Waals surface area contributed by atoms with Gasteiger partial charge in [0.25, 0.3) is 23.5 Å². The number of benzene rings is 5. The van der Waals surface area contributed by atoms with Gasteiger partial charge in [-0.25, -0.2) is 9.78 Å². The maximum absolute atomic E-state index is 15.2. The molecular formula is C81H97N11O20. The number of carbonyl (C=O) groups is 9. The molecule has 1 aliphatic carbocycles. The third kappa shape index (κ3) is 19.4. The SMILES string of the molecule is CO[C@H]1/C=C/O[C@@]2(C)Oc3c(C)c(O)c4c(=O)c(c5oc6cc(N7CCC(NC(=O)OCc8ccc(NC(=O)[C@H](CCCNC(=N)N)NC(=O)[C@H](Cc9ccccc9)NC(=O)CCCCCN9C(=O)C=CC9=O)cc8)CC7)cc(O)c6nc-5c4c3C2=O)NC(=O)/C(C)=C\C=C\[C@H](C)[C@H](O)[C@@H](C)[C@@H](O)[C@@H](C)[C@H](OC(C)=O)[C@@H]1C. The first-order chi connectivity index (χ1) is 53.4. The van der Waals surface area contributed by atoms with Gasteiger partial charge >= 0.3 is 17.8 Å². The number of aliphatic hydroxyl groups is 2. The maximum Gasteiger partial charge on any atom is 0.407 e. The van der Waals surface area contributed by atoms with E-state index in [1.54, 1.807) is 76.2 Å². The zero-order valence-electron chi connectivity index (χ0n) is 63.9. The minimum absolute atomic E-state index is 0.0366. The Balaban J connectivity index is 0.820. The fourth-order valence-electron chi connectivity index (χ4n) is 14.4. The van der Waals surface area contributed by atoms with Crippen LogP contribution < -0.4 is 52.7 Å². The van der Waals surface area contributed by atoms with E-state index in [-0.39, 0.29) is 119 Å². The van der Waals surface area contributed by atoms with Gasteiger partial charge in [0.2, 0.25) is 23.2 Å². The van der Waals surface area contributed by atoms with Gasteiger partial charge < -0.3 is 91.1 Å². The number of amides is 7. The lowest BCUT2D eigenvalue weighted by Gasteiger charge is -2.38. The van der Waals surface area contributed by atoms with Crippen molar-refractivity contribution in [2.75, 3.05) is 48.8 Å². The molecule has 4 aromatic carbocycles. The van der Waals surface area contributed by atoms with Gasteiger partial charge in [-0.05, 0) is 81.7 Å². The number of alkyl carbamates (subject to hydrolysis) is 1. The summed E-state index contributed by atoms with van der Waals surface area (Å²) in [6, 6.07) is 16.0. The number of guanidine groups is 1. The van der Waals surface area contributed by atoms with Crippen LogP contribution in [0.5, 0.6) is 17.2 Å². The average molecular weight is 1540 g/mol. The highest BCUT2D eigenvalue weighted by Gasteiger charge is 2.50. The number of aromatic hydroxyl groups is 2. The molecule has 0 spiro atoms. The van der Waals surface area contributed by atoms with Gasteiger partial charge in [-0.1, -0.05) is 94.8 Å². The molecule has 0 saturated carbocycles. The number of phenolic OH excluding ortho intramolecular Hbond substituents is 2. The van der Waals surface area contributed by atoms with E-state index in [4.69, 9.17) is 44.2 Å². The molecule has 596 valence electrons. The second kappa shape index (κ2) is 36.4. The van der Waals surface area contributed by atoms with E-state index < -0.39 is 130 Å². The van der Waals surface area contributed by atoms with Crippen molar-refractivity contribution in [2.24, 2.45) is 29.4 Å². The van der Waals surface area contributed by atoms with Crippen molar-refractivity contribution >= 4 is 98.2 Å².